The average molecular weight is 166 g/mol. The lowest BCUT2D eigenvalue weighted by Crippen LogP contribution is -1.83. The minimum atomic E-state index is -1.22. The Morgan fingerprint density at radius 3 is 2.00 bits per heavy atom. The van der Waals surface area contributed by atoms with Crippen molar-refractivity contribution in [2.45, 2.75) is 0 Å². The van der Waals surface area contributed by atoms with Gasteiger partial charge in [-0.1, -0.05) is 18.2 Å². The minimum absolute atomic E-state index is 0.178. The van der Waals surface area contributed by atoms with Crippen LogP contribution in [0.15, 0.2) is 30.3 Å². The van der Waals surface area contributed by atoms with Crippen molar-refractivity contribution in [1.29, 1.82) is 0 Å². The first-order valence-corrected chi connectivity index (χ1v) is 3.07. The fourth-order valence-corrected chi connectivity index (χ4v) is 0.415. The molecule has 0 atom stereocenters. The van der Waals surface area contributed by atoms with E-state index in [4.69, 9.17) is 9.90 Å². The van der Waals surface area contributed by atoms with Crippen molar-refractivity contribution in [3.8, 4) is 12.3 Å². The molecule has 1 rings (SSSR count). The summed E-state index contributed by atoms with van der Waals surface area (Å²) in [4.78, 5) is 9.13. The molecule has 0 spiro atoms. The Labute approximate surface area is 69.7 Å². The number of aliphatic carboxylic acids is 1. The van der Waals surface area contributed by atoms with E-state index in [0.29, 0.717) is 0 Å². The Morgan fingerprint density at radius 2 is 1.83 bits per heavy atom. The predicted octanol–water partition coefficient (Wildman–Crippen LogP) is 1.53. The summed E-state index contributed by atoms with van der Waals surface area (Å²) < 4.78 is 11.9. The van der Waals surface area contributed by atoms with Gasteiger partial charge in [0.05, 0.1) is 0 Å². The van der Waals surface area contributed by atoms with E-state index in [9.17, 15) is 4.39 Å². The second kappa shape index (κ2) is 5.93. The normalized spacial score (nSPS) is 7.33. The molecular weight excluding hydrogens is 159 g/mol. The molecule has 0 radical (unpaired) electrons. The molecule has 0 amide bonds. The average Bonchev–Trinajstić information content (AvgIpc) is 2.07. The zero-order chi connectivity index (χ0) is 9.40. The van der Waals surface area contributed by atoms with E-state index in [-0.39, 0.29) is 5.82 Å². The van der Waals surface area contributed by atoms with Crippen molar-refractivity contribution in [3.05, 3.63) is 36.1 Å². The first-order chi connectivity index (χ1) is 5.66. The molecule has 12 heavy (non-hydrogen) atoms. The van der Waals surface area contributed by atoms with Crippen LogP contribution >= 0.6 is 0 Å². The zero-order valence-corrected chi connectivity index (χ0v) is 6.20. The molecule has 62 valence electrons. The molecule has 0 fully saturated rings. The third-order valence-corrected chi connectivity index (χ3v) is 0.857. The smallest absolute Gasteiger partial charge is 0.381 e. The van der Waals surface area contributed by atoms with Crippen LogP contribution in [0.1, 0.15) is 0 Å². The number of rotatable bonds is 0. The molecule has 0 bridgehead atoms. The second-order valence-corrected chi connectivity index (χ2v) is 1.75. The highest BCUT2D eigenvalue weighted by Gasteiger charge is 1.77. The van der Waals surface area contributed by atoms with Crippen LogP contribution in [0.25, 0.3) is 0 Å². The van der Waals surface area contributed by atoms with E-state index >= 15 is 0 Å². The molecule has 0 aliphatic heterocycles. The lowest BCUT2D eigenvalue weighted by Gasteiger charge is -1.78. The highest BCUT2D eigenvalue weighted by Crippen LogP contribution is 1.91. The quantitative estimate of drug-likeness (QED) is 0.593. The van der Waals surface area contributed by atoms with Gasteiger partial charge >= 0.3 is 5.97 Å². The summed E-state index contributed by atoms with van der Waals surface area (Å²) in [6.45, 7) is 0. The van der Waals surface area contributed by atoms with Gasteiger partial charge in [-0.05, 0) is 12.1 Å². The molecule has 3 heteroatoms. The minimum Gasteiger partial charge on any atom is -0.472 e. The van der Waals surface area contributed by atoms with Gasteiger partial charge in [0.15, 0.2) is 0 Å². The summed E-state index contributed by atoms with van der Waals surface area (Å²) in [5.74, 6) is 0.0486. The van der Waals surface area contributed by atoms with Crippen molar-refractivity contribution >= 4 is 5.97 Å². The van der Waals surface area contributed by atoms with Crippen LogP contribution in [0.4, 0.5) is 4.39 Å². The number of hydrogen-bond acceptors (Lipinski definition) is 1. The lowest BCUT2D eigenvalue weighted by atomic mass is 10.4. The summed E-state index contributed by atoms with van der Waals surface area (Å²) in [6.07, 6.45) is 4.32. The van der Waals surface area contributed by atoms with Gasteiger partial charge in [0.25, 0.3) is 0 Å². The Kier molecular flexibility index (Phi) is 5.03. The Bertz CT molecular complexity index is 274. The second-order valence-electron chi connectivity index (χ2n) is 1.75. The number of carbonyl (C=O) groups is 1. The van der Waals surface area contributed by atoms with Crippen molar-refractivity contribution in [2.24, 2.45) is 0 Å². The van der Waals surface area contributed by atoms with E-state index in [1.807, 2.05) is 0 Å². The van der Waals surface area contributed by atoms with Gasteiger partial charge in [0, 0.05) is 5.92 Å². The van der Waals surface area contributed by atoms with Crippen LogP contribution in [0.3, 0.4) is 0 Å². The van der Waals surface area contributed by atoms with Gasteiger partial charge < -0.3 is 5.11 Å². The number of benzene rings is 1. The third-order valence-electron chi connectivity index (χ3n) is 0.857. The summed E-state index contributed by atoms with van der Waals surface area (Å²) >= 11 is 0. The molecule has 1 aromatic carbocycles. The standard InChI is InChI=1S/C6H5F.C3H2O2/c7-6-4-2-1-3-5-6;1-2-3(4)5/h1-5H;1H,(H,4,5). The first kappa shape index (κ1) is 10.2. The monoisotopic (exact) mass is 166 g/mol. The van der Waals surface area contributed by atoms with E-state index in [1.165, 1.54) is 18.1 Å². The van der Waals surface area contributed by atoms with Gasteiger partial charge in [-0.2, -0.15) is 0 Å². The third kappa shape index (κ3) is 6.30. The first-order valence-electron chi connectivity index (χ1n) is 3.07. The van der Waals surface area contributed by atoms with E-state index < -0.39 is 5.97 Å². The largest absolute Gasteiger partial charge is 0.472 e. The van der Waals surface area contributed by atoms with Crippen LogP contribution < -0.4 is 0 Å². The predicted molar refractivity (Wildman–Crippen MR) is 42.9 cm³/mol. The number of carboxylic acids is 1. The van der Waals surface area contributed by atoms with Crippen molar-refractivity contribution in [2.75, 3.05) is 0 Å². The van der Waals surface area contributed by atoms with Gasteiger partial charge in [-0.3, -0.25) is 0 Å². The van der Waals surface area contributed by atoms with Crippen molar-refractivity contribution < 1.29 is 14.3 Å². The SMILES string of the molecule is C#CC(=O)O.Fc1ccccc1. The van der Waals surface area contributed by atoms with E-state index in [2.05, 4.69) is 6.42 Å². The lowest BCUT2D eigenvalue weighted by molar-refractivity contribution is -0.130. The number of terminal acetylenes is 1. The van der Waals surface area contributed by atoms with E-state index in [1.54, 1.807) is 18.2 Å². The molecule has 0 saturated carbocycles. The zero-order valence-electron chi connectivity index (χ0n) is 6.20. The van der Waals surface area contributed by atoms with Crippen LogP contribution in [0.2, 0.25) is 0 Å². The molecule has 0 aromatic heterocycles. The van der Waals surface area contributed by atoms with Gasteiger partial charge in [-0.25, -0.2) is 9.18 Å². The van der Waals surface area contributed by atoms with E-state index in [0.717, 1.165) is 0 Å². The topological polar surface area (TPSA) is 37.3 Å². The maximum Gasteiger partial charge on any atom is 0.381 e. The van der Waals surface area contributed by atoms with Crippen LogP contribution in [-0.4, -0.2) is 11.1 Å². The molecule has 2 nitrogen and oxygen atoms in total. The van der Waals surface area contributed by atoms with Crippen LogP contribution in [0.5, 0.6) is 0 Å². The molecule has 0 heterocycles. The maximum atomic E-state index is 11.9. The summed E-state index contributed by atoms with van der Waals surface area (Å²) in [5, 5.41) is 7.49. The number of carboxylic acid groups (broad SMARTS) is 1. The van der Waals surface area contributed by atoms with Gasteiger partial charge in [0.1, 0.15) is 5.82 Å². The fraction of sp³-hybridized carbons (Fsp3) is 0. The number of hydrogen-bond donors (Lipinski definition) is 1. The number of halogens is 1. The van der Waals surface area contributed by atoms with Crippen LogP contribution in [-0.2, 0) is 4.79 Å². The molecule has 1 N–H and O–H groups in total. The molecule has 0 aliphatic carbocycles. The van der Waals surface area contributed by atoms with Gasteiger partial charge in [-0.15, -0.1) is 6.42 Å². The molecule has 0 aliphatic rings. The van der Waals surface area contributed by atoms with Crippen molar-refractivity contribution in [1.82, 2.24) is 0 Å². The summed E-state index contributed by atoms with van der Waals surface area (Å²) in [7, 11) is 0. The Morgan fingerprint density at radius 1 is 1.42 bits per heavy atom. The van der Waals surface area contributed by atoms with Crippen LogP contribution in [0, 0.1) is 18.2 Å². The summed E-state index contributed by atoms with van der Waals surface area (Å²) in [6, 6.07) is 7.94. The fourth-order valence-electron chi connectivity index (χ4n) is 0.415. The maximum absolute atomic E-state index is 11.9. The summed E-state index contributed by atoms with van der Waals surface area (Å²) in [5.41, 5.74) is 0. The Balaban J connectivity index is 0.000000217. The highest BCUT2D eigenvalue weighted by molar-refractivity contribution is 5.85. The van der Waals surface area contributed by atoms with Crippen molar-refractivity contribution in [3.63, 3.8) is 0 Å². The molecule has 0 unspecified atom stereocenters. The molecule has 1 aromatic rings. The molecular formula is C9H7FO2. The van der Waals surface area contributed by atoms with Gasteiger partial charge in [0.2, 0.25) is 0 Å². The Hall–Kier alpha value is -1.82. The highest BCUT2D eigenvalue weighted by atomic mass is 19.1. The molecule has 0 saturated heterocycles.